The first-order chi connectivity index (χ1) is 6.77. The van der Waals surface area contributed by atoms with E-state index in [1.54, 1.807) is 0 Å². The van der Waals surface area contributed by atoms with Gasteiger partial charge in [0, 0.05) is 24.5 Å². The molecule has 84 valence electrons. The molecule has 0 aromatic rings. The Bertz CT molecular complexity index is 151. The summed E-state index contributed by atoms with van der Waals surface area (Å²) in [5.41, 5.74) is 0. The summed E-state index contributed by atoms with van der Waals surface area (Å²) < 4.78 is 0. The zero-order valence-electron chi connectivity index (χ0n) is 8.53. The fourth-order valence-electron chi connectivity index (χ4n) is 2.14. The first-order valence-electron chi connectivity index (χ1n) is 5.37. The van der Waals surface area contributed by atoms with Gasteiger partial charge in [0.15, 0.2) is 0 Å². The van der Waals surface area contributed by atoms with Crippen molar-refractivity contribution in [2.75, 3.05) is 25.0 Å². The standard InChI is InChI=1S/C10H20BrNO2/c11-7-10(14)8-12(5-6-13)9-3-1-2-4-9/h9-10,13-14H,1-8H2. The lowest BCUT2D eigenvalue weighted by atomic mass is 10.2. The smallest absolute Gasteiger partial charge is 0.0763 e. The highest BCUT2D eigenvalue weighted by Gasteiger charge is 2.23. The predicted molar refractivity (Wildman–Crippen MR) is 60.7 cm³/mol. The molecular weight excluding hydrogens is 246 g/mol. The van der Waals surface area contributed by atoms with Crippen molar-refractivity contribution < 1.29 is 10.2 Å². The van der Waals surface area contributed by atoms with Crippen molar-refractivity contribution in [3.63, 3.8) is 0 Å². The summed E-state index contributed by atoms with van der Waals surface area (Å²) in [5, 5.41) is 19.1. The van der Waals surface area contributed by atoms with E-state index in [0.29, 0.717) is 24.5 Å². The topological polar surface area (TPSA) is 43.7 Å². The Morgan fingerprint density at radius 3 is 2.50 bits per heavy atom. The van der Waals surface area contributed by atoms with E-state index in [4.69, 9.17) is 5.11 Å². The lowest BCUT2D eigenvalue weighted by Crippen LogP contribution is -2.41. The highest BCUT2D eigenvalue weighted by atomic mass is 79.9. The van der Waals surface area contributed by atoms with E-state index in [-0.39, 0.29) is 12.7 Å². The van der Waals surface area contributed by atoms with Crippen LogP contribution in [0.25, 0.3) is 0 Å². The molecule has 0 aliphatic heterocycles. The van der Waals surface area contributed by atoms with Gasteiger partial charge in [0.2, 0.25) is 0 Å². The number of halogens is 1. The van der Waals surface area contributed by atoms with Gasteiger partial charge in [-0.25, -0.2) is 0 Å². The van der Waals surface area contributed by atoms with E-state index in [9.17, 15) is 5.11 Å². The molecule has 0 saturated heterocycles. The Balaban J connectivity index is 2.36. The molecule has 14 heavy (non-hydrogen) atoms. The van der Waals surface area contributed by atoms with Crippen molar-refractivity contribution >= 4 is 15.9 Å². The summed E-state index contributed by atoms with van der Waals surface area (Å²) in [6.45, 7) is 1.55. The maximum atomic E-state index is 9.55. The molecule has 0 aromatic heterocycles. The van der Waals surface area contributed by atoms with Gasteiger partial charge in [0.05, 0.1) is 12.7 Å². The Labute approximate surface area is 94.2 Å². The molecule has 1 unspecified atom stereocenters. The van der Waals surface area contributed by atoms with Gasteiger partial charge in [-0.05, 0) is 12.8 Å². The summed E-state index contributed by atoms with van der Waals surface area (Å²) >= 11 is 3.26. The monoisotopic (exact) mass is 265 g/mol. The van der Waals surface area contributed by atoms with Crippen LogP contribution in [0.5, 0.6) is 0 Å². The number of alkyl halides is 1. The third-order valence-corrected chi connectivity index (χ3v) is 3.60. The second kappa shape index (κ2) is 6.77. The van der Waals surface area contributed by atoms with Crippen molar-refractivity contribution in [2.45, 2.75) is 37.8 Å². The molecule has 0 bridgehead atoms. The molecule has 0 aromatic carbocycles. The van der Waals surface area contributed by atoms with Crippen LogP contribution in [0.2, 0.25) is 0 Å². The van der Waals surface area contributed by atoms with Gasteiger partial charge >= 0.3 is 0 Å². The van der Waals surface area contributed by atoms with E-state index in [1.165, 1.54) is 25.7 Å². The van der Waals surface area contributed by atoms with Gasteiger partial charge < -0.3 is 10.2 Å². The third-order valence-electron chi connectivity index (χ3n) is 2.85. The summed E-state index contributed by atoms with van der Waals surface area (Å²) in [6, 6.07) is 0.579. The fraction of sp³-hybridized carbons (Fsp3) is 1.00. The molecule has 1 aliphatic carbocycles. The van der Waals surface area contributed by atoms with Gasteiger partial charge in [0.25, 0.3) is 0 Å². The molecule has 0 heterocycles. The lowest BCUT2D eigenvalue weighted by molar-refractivity contribution is 0.0864. The highest BCUT2D eigenvalue weighted by molar-refractivity contribution is 9.09. The van der Waals surface area contributed by atoms with Crippen LogP contribution in [0.1, 0.15) is 25.7 Å². The second-order valence-electron chi connectivity index (χ2n) is 3.96. The Kier molecular flexibility index (Phi) is 6.01. The molecular formula is C10H20BrNO2. The quantitative estimate of drug-likeness (QED) is 0.704. The van der Waals surface area contributed by atoms with E-state index in [0.717, 1.165) is 0 Å². The normalized spacial score (nSPS) is 20.6. The number of hydrogen-bond donors (Lipinski definition) is 2. The maximum absolute atomic E-state index is 9.55. The Morgan fingerprint density at radius 2 is 2.00 bits per heavy atom. The number of rotatable bonds is 6. The third kappa shape index (κ3) is 3.85. The molecule has 3 nitrogen and oxygen atoms in total. The van der Waals surface area contributed by atoms with Crippen molar-refractivity contribution in [3.05, 3.63) is 0 Å². The van der Waals surface area contributed by atoms with Gasteiger partial charge in [-0.2, -0.15) is 0 Å². The maximum Gasteiger partial charge on any atom is 0.0763 e. The second-order valence-corrected chi connectivity index (χ2v) is 4.61. The van der Waals surface area contributed by atoms with Gasteiger partial charge in [-0.15, -0.1) is 0 Å². The van der Waals surface area contributed by atoms with Gasteiger partial charge in [0.1, 0.15) is 0 Å². The first-order valence-corrected chi connectivity index (χ1v) is 6.49. The Morgan fingerprint density at radius 1 is 1.36 bits per heavy atom. The molecule has 0 radical (unpaired) electrons. The van der Waals surface area contributed by atoms with Gasteiger partial charge in [-0.3, -0.25) is 4.90 Å². The van der Waals surface area contributed by atoms with Crippen molar-refractivity contribution in [1.29, 1.82) is 0 Å². The molecule has 1 saturated carbocycles. The van der Waals surface area contributed by atoms with Crippen molar-refractivity contribution in [2.24, 2.45) is 0 Å². The molecule has 4 heteroatoms. The SMILES string of the molecule is OCCN(CC(O)CBr)C1CCCC1. The molecule has 1 fully saturated rings. The van der Waals surface area contributed by atoms with E-state index in [2.05, 4.69) is 20.8 Å². The average Bonchev–Trinajstić information content (AvgIpc) is 2.69. The Hall–Kier alpha value is 0.360. The van der Waals surface area contributed by atoms with E-state index in [1.807, 2.05) is 0 Å². The molecule has 1 rings (SSSR count). The molecule has 1 atom stereocenters. The number of nitrogens with zero attached hydrogens (tertiary/aromatic N) is 1. The van der Waals surface area contributed by atoms with Crippen LogP contribution in [0.15, 0.2) is 0 Å². The van der Waals surface area contributed by atoms with Crippen LogP contribution in [-0.4, -0.2) is 52.3 Å². The molecule has 0 amide bonds. The van der Waals surface area contributed by atoms with Crippen molar-refractivity contribution in [3.8, 4) is 0 Å². The summed E-state index contributed by atoms with van der Waals surface area (Å²) in [5.74, 6) is 0. The molecule has 1 aliphatic rings. The highest BCUT2D eigenvalue weighted by Crippen LogP contribution is 2.23. The summed E-state index contributed by atoms with van der Waals surface area (Å²) in [4.78, 5) is 2.22. The van der Waals surface area contributed by atoms with E-state index >= 15 is 0 Å². The number of aliphatic hydroxyl groups is 2. The minimum absolute atomic E-state index is 0.186. The minimum atomic E-state index is -0.317. The summed E-state index contributed by atoms with van der Waals surface area (Å²) in [6.07, 6.45) is 4.69. The minimum Gasteiger partial charge on any atom is -0.395 e. The van der Waals surface area contributed by atoms with Crippen LogP contribution < -0.4 is 0 Å². The summed E-state index contributed by atoms with van der Waals surface area (Å²) in [7, 11) is 0. The van der Waals surface area contributed by atoms with Crippen LogP contribution in [-0.2, 0) is 0 Å². The zero-order valence-corrected chi connectivity index (χ0v) is 10.1. The lowest BCUT2D eigenvalue weighted by Gasteiger charge is -2.29. The molecule has 0 spiro atoms. The van der Waals surface area contributed by atoms with Crippen LogP contribution >= 0.6 is 15.9 Å². The molecule has 2 N–H and O–H groups in total. The van der Waals surface area contributed by atoms with Crippen molar-refractivity contribution in [1.82, 2.24) is 4.90 Å². The van der Waals surface area contributed by atoms with Gasteiger partial charge in [-0.1, -0.05) is 28.8 Å². The largest absolute Gasteiger partial charge is 0.395 e. The van der Waals surface area contributed by atoms with Crippen LogP contribution in [0.3, 0.4) is 0 Å². The predicted octanol–water partition coefficient (Wildman–Crippen LogP) is 0.979. The number of aliphatic hydroxyl groups excluding tert-OH is 2. The number of hydrogen-bond acceptors (Lipinski definition) is 3. The average molecular weight is 266 g/mol. The fourth-order valence-corrected chi connectivity index (χ4v) is 2.35. The van der Waals surface area contributed by atoms with Crippen LogP contribution in [0.4, 0.5) is 0 Å². The first kappa shape index (κ1) is 12.4. The zero-order chi connectivity index (χ0) is 10.4. The van der Waals surface area contributed by atoms with Crippen LogP contribution in [0, 0.1) is 0 Å². The van der Waals surface area contributed by atoms with E-state index < -0.39 is 0 Å².